The second-order valence-electron chi connectivity index (χ2n) is 5.12. The van der Waals surface area contributed by atoms with Gasteiger partial charge in [-0.2, -0.15) is 5.26 Å². The van der Waals surface area contributed by atoms with E-state index in [1.165, 1.54) is 0 Å². The summed E-state index contributed by atoms with van der Waals surface area (Å²) in [5.41, 5.74) is -0.818. The number of carbonyl (C=O) groups is 1. The van der Waals surface area contributed by atoms with E-state index < -0.39 is 5.41 Å². The highest BCUT2D eigenvalue weighted by molar-refractivity contribution is 5.85. The van der Waals surface area contributed by atoms with Gasteiger partial charge in [-0.1, -0.05) is 32.6 Å². The summed E-state index contributed by atoms with van der Waals surface area (Å²) in [6, 6.07) is 2.26. The van der Waals surface area contributed by atoms with Crippen molar-refractivity contribution in [2.75, 3.05) is 19.7 Å². The van der Waals surface area contributed by atoms with Gasteiger partial charge in [0, 0.05) is 13.1 Å². The van der Waals surface area contributed by atoms with Crippen LogP contribution in [0.4, 0.5) is 0 Å². The Morgan fingerprint density at radius 3 is 2.50 bits per heavy atom. The van der Waals surface area contributed by atoms with Gasteiger partial charge in [-0.25, -0.2) is 0 Å². The Morgan fingerprint density at radius 1 is 1.33 bits per heavy atom. The molecule has 0 spiro atoms. The van der Waals surface area contributed by atoms with Gasteiger partial charge in [0.05, 0.1) is 12.7 Å². The van der Waals surface area contributed by atoms with Crippen LogP contribution in [-0.4, -0.2) is 35.6 Å². The number of hydrogen-bond donors (Lipinski definition) is 1. The number of nitriles is 1. The molecule has 1 rings (SSSR count). The Morgan fingerprint density at radius 2 is 2.00 bits per heavy atom. The van der Waals surface area contributed by atoms with Crippen molar-refractivity contribution >= 4 is 5.91 Å². The lowest BCUT2D eigenvalue weighted by molar-refractivity contribution is -0.141. The molecule has 102 valence electrons. The number of aliphatic hydroxyl groups is 1. The van der Waals surface area contributed by atoms with Gasteiger partial charge in [0.25, 0.3) is 0 Å². The van der Waals surface area contributed by atoms with E-state index in [2.05, 4.69) is 13.0 Å². The third kappa shape index (κ3) is 3.46. The molecule has 0 aromatic heterocycles. The zero-order valence-electron chi connectivity index (χ0n) is 11.3. The minimum atomic E-state index is -0.818. The molecule has 0 atom stereocenters. The van der Waals surface area contributed by atoms with E-state index in [4.69, 9.17) is 5.11 Å². The number of unbranched alkanes of at least 4 members (excludes halogenated alkanes) is 1. The quantitative estimate of drug-likeness (QED) is 0.787. The average Bonchev–Trinajstić information content (AvgIpc) is 2.43. The molecule has 4 heteroatoms. The van der Waals surface area contributed by atoms with Gasteiger partial charge in [-0.3, -0.25) is 4.79 Å². The first-order valence-corrected chi connectivity index (χ1v) is 7.01. The summed E-state index contributed by atoms with van der Waals surface area (Å²) in [5.74, 6) is -0.0628. The van der Waals surface area contributed by atoms with Crippen LogP contribution in [0.2, 0.25) is 0 Å². The van der Waals surface area contributed by atoms with Crippen molar-refractivity contribution in [2.45, 2.75) is 51.9 Å². The monoisotopic (exact) mass is 252 g/mol. The summed E-state index contributed by atoms with van der Waals surface area (Å²) in [4.78, 5) is 14.2. The van der Waals surface area contributed by atoms with Crippen LogP contribution in [0.3, 0.4) is 0 Å². The van der Waals surface area contributed by atoms with Crippen molar-refractivity contribution in [3.8, 4) is 6.07 Å². The molecule has 1 aliphatic rings. The van der Waals surface area contributed by atoms with Crippen LogP contribution in [0.25, 0.3) is 0 Å². The summed E-state index contributed by atoms with van der Waals surface area (Å²) in [5, 5.41) is 18.5. The first-order chi connectivity index (χ1) is 8.70. The Labute approximate surface area is 110 Å². The second-order valence-corrected chi connectivity index (χ2v) is 5.12. The van der Waals surface area contributed by atoms with E-state index in [-0.39, 0.29) is 12.5 Å². The number of nitrogens with zero attached hydrogens (tertiary/aromatic N) is 2. The van der Waals surface area contributed by atoms with Gasteiger partial charge in [0.15, 0.2) is 0 Å². The molecular formula is C14H24N2O2. The molecule has 0 saturated heterocycles. The van der Waals surface area contributed by atoms with E-state index >= 15 is 0 Å². The zero-order valence-corrected chi connectivity index (χ0v) is 11.3. The van der Waals surface area contributed by atoms with Crippen molar-refractivity contribution in [3.05, 3.63) is 0 Å². The lowest BCUT2D eigenvalue weighted by atomic mass is 9.74. The predicted molar refractivity (Wildman–Crippen MR) is 69.7 cm³/mol. The number of hydrogen-bond acceptors (Lipinski definition) is 3. The number of amides is 1. The molecule has 4 nitrogen and oxygen atoms in total. The third-order valence-electron chi connectivity index (χ3n) is 3.77. The van der Waals surface area contributed by atoms with Gasteiger partial charge in [-0.05, 0) is 19.3 Å². The largest absolute Gasteiger partial charge is 0.395 e. The highest BCUT2D eigenvalue weighted by Crippen LogP contribution is 2.37. The van der Waals surface area contributed by atoms with Crippen molar-refractivity contribution in [1.82, 2.24) is 4.90 Å². The van der Waals surface area contributed by atoms with Gasteiger partial charge in [0.2, 0.25) is 5.91 Å². The summed E-state index contributed by atoms with van der Waals surface area (Å²) in [6.45, 7) is 3.04. The molecule has 18 heavy (non-hydrogen) atoms. The Bertz CT molecular complexity index is 303. The molecule has 1 amide bonds. The molecule has 0 heterocycles. The minimum absolute atomic E-state index is 0.0308. The average molecular weight is 252 g/mol. The molecule has 1 aliphatic carbocycles. The van der Waals surface area contributed by atoms with E-state index in [0.29, 0.717) is 25.9 Å². The SMILES string of the molecule is CCCCN(CCO)C(=O)C1(C#N)CCCCC1. The molecule has 1 N–H and O–H groups in total. The summed E-state index contributed by atoms with van der Waals surface area (Å²) >= 11 is 0. The van der Waals surface area contributed by atoms with E-state index in [0.717, 1.165) is 32.1 Å². The van der Waals surface area contributed by atoms with Crippen molar-refractivity contribution < 1.29 is 9.90 Å². The van der Waals surface area contributed by atoms with Gasteiger partial charge in [-0.15, -0.1) is 0 Å². The second kappa shape index (κ2) is 7.38. The highest BCUT2D eigenvalue weighted by Gasteiger charge is 2.42. The van der Waals surface area contributed by atoms with Gasteiger partial charge in [0.1, 0.15) is 5.41 Å². The van der Waals surface area contributed by atoms with E-state index in [9.17, 15) is 10.1 Å². The summed E-state index contributed by atoms with van der Waals surface area (Å²) in [6.07, 6.45) is 6.32. The molecule has 0 radical (unpaired) electrons. The fourth-order valence-electron chi connectivity index (χ4n) is 2.62. The highest BCUT2D eigenvalue weighted by atomic mass is 16.3. The fraction of sp³-hybridized carbons (Fsp3) is 0.857. The van der Waals surface area contributed by atoms with Crippen LogP contribution in [0.5, 0.6) is 0 Å². The topological polar surface area (TPSA) is 64.3 Å². The Kier molecular flexibility index (Phi) is 6.14. The molecular weight excluding hydrogens is 228 g/mol. The van der Waals surface area contributed by atoms with Crippen LogP contribution in [0.1, 0.15) is 51.9 Å². The Hall–Kier alpha value is -1.08. The maximum atomic E-state index is 12.5. The third-order valence-corrected chi connectivity index (χ3v) is 3.77. The molecule has 1 saturated carbocycles. The van der Waals surface area contributed by atoms with Crippen LogP contribution in [-0.2, 0) is 4.79 Å². The van der Waals surface area contributed by atoms with E-state index in [1.807, 2.05) is 0 Å². The summed E-state index contributed by atoms with van der Waals surface area (Å²) < 4.78 is 0. The van der Waals surface area contributed by atoms with E-state index in [1.54, 1.807) is 4.90 Å². The first-order valence-electron chi connectivity index (χ1n) is 7.01. The fourth-order valence-corrected chi connectivity index (χ4v) is 2.62. The maximum absolute atomic E-state index is 12.5. The lowest BCUT2D eigenvalue weighted by Gasteiger charge is -2.34. The first kappa shape index (κ1) is 15.0. The molecule has 0 aromatic carbocycles. The number of carbonyl (C=O) groups excluding carboxylic acids is 1. The summed E-state index contributed by atoms with van der Waals surface area (Å²) in [7, 11) is 0. The van der Waals surface area contributed by atoms with Crippen molar-refractivity contribution in [2.24, 2.45) is 5.41 Å². The van der Waals surface area contributed by atoms with Crippen LogP contribution in [0, 0.1) is 16.7 Å². The Balaban J connectivity index is 2.75. The van der Waals surface area contributed by atoms with Gasteiger partial charge >= 0.3 is 0 Å². The predicted octanol–water partition coefficient (Wildman–Crippen LogP) is 2.08. The van der Waals surface area contributed by atoms with Crippen LogP contribution >= 0.6 is 0 Å². The molecule has 0 unspecified atom stereocenters. The molecule has 1 fully saturated rings. The smallest absolute Gasteiger partial charge is 0.243 e. The van der Waals surface area contributed by atoms with Gasteiger partial charge < -0.3 is 10.0 Å². The minimum Gasteiger partial charge on any atom is -0.395 e. The van der Waals surface area contributed by atoms with Crippen molar-refractivity contribution in [3.63, 3.8) is 0 Å². The molecule has 0 bridgehead atoms. The lowest BCUT2D eigenvalue weighted by Crippen LogP contribution is -2.46. The zero-order chi connectivity index (χ0) is 13.4. The molecule has 0 aliphatic heterocycles. The number of aliphatic hydroxyl groups excluding tert-OH is 1. The van der Waals surface area contributed by atoms with Crippen LogP contribution in [0.15, 0.2) is 0 Å². The normalized spacial score (nSPS) is 18.1. The standard InChI is InChI=1S/C14H24N2O2/c1-2-3-9-16(10-11-17)13(18)14(12-15)7-5-4-6-8-14/h17H,2-11H2,1H3. The number of rotatable bonds is 6. The maximum Gasteiger partial charge on any atom is 0.243 e. The molecule has 0 aromatic rings. The van der Waals surface area contributed by atoms with Crippen LogP contribution < -0.4 is 0 Å². The van der Waals surface area contributed by atoms with Crippen molar-refractivity contribution in [1.29, 1.82) is 5.26 Å².